The van der Waals surface area contributed by atoms with Gasteiger partial charge in [0.2, 0.25) is 0 Å². The third kappa shape index (κ3) is 23.4. The van der Waals surface area contributed by atoms with E-state index >= 15 is 0 Å². The van der Waals surface area contributed by atoms with E-state index in [4.69, 9.17) is 18.9 Å². The first-order valence-electron chi connectivity index (χ1n) is 19.8. The lowest BCUT2D eigenvalue weighted by molar-refractivity contribution is -0.305. The van der Waals surface area contributed by atoms with E-state index in [0.29, 0.717) is 13.0 Å². The van der Waals surface area contributed by atoms with Gasteiger partial charge in [-0.05, 0) is 38.5 Å². The number of ether oxygens (including phenoxy) is 4. The minimum Gasteiger partial charge on any atom is -0.457 e. The van der Waals surface area contributed by atoms with Crippen molar-refractivity contribution in [3.05, 3.63) is 12.2 Å². The molecule has 4 N–H and O–H groups in total. The van der Waals surface area contributed by atoms with Gasteiger partial charge in [-0.25, -0.2) is 0 Å². The molecule has 1 aliphatic heterocycles. The third-order valence-corrected chi connectivity index (χ3v) is 9.18. The largest absolute Gasteiger partial charge is 0.457 e. The van der Waals surface area contributed by atoms with Gasteiger partial charge in [0.05, 0.1) is 19.8 Å². The van der Waals surface area contributed by atoms with Crippen LogP contribution >= 0.6 is 0 Å². The Morgan fingerprint density at radius 2 is 1.15 bits per heavy atom. The molecule has 284 valence electrons. The molecule has 0 aromatic rings. The number of allylic oxidation sites excluding steroid dienone is 2. The fourth-order valence-corrected chi connectivity index (χ4v) is 6.01. The lowest BCUT2D eigenvalue weighted by Crippen LogP contribution is -2.59. The van der Waals surface area contributed by atoms with E-state index in [1.807, 2.05) is 0 Å². The second-order valence-electron chi connectivity index (χ2n) is 13.7. The van der Waals surface area contributed by atoms with Crippen LogP contribution in [0.25, 0.3) is 0 Å². The maximum absolute atomic E-state index is 12.7. The summed E-state index contributed by atoms with van der Waals surface area (Å²) < 4.78 is 22.7. The monoisotopic (exact) mass is 687 g/mol. The van der Waals surface area contributed by atoms with Crippen molar-refractivity contribution in [2.75, 3.05) is 26.4 Å². The molecule has 1 rings (SSSR count). The molecule has 1 heterocycles. The zero-order chi connectivity index (χ0) is 35.1. The third-order valence-electron chi connectivity index (χ3n) is 9.18. The van der Waals surface area contributed by atoms with Crippen LogP contribution in [-0.4, -0.2) is 89.6 Å². The second-order valence-corrected chi connectivity index (χ2v) is 13.7. The topological polar surface area (TPSA) is 135 Å². The van der Waals surface area contributed by atoms with Gasteiger partial charge < -0.3 is 39.4 Å². The molecular formula is C39H74O9. The van der Waals surface area contributed by atoms with Crippen molar-refractivity contribution in [2.45, 2.75) is 205 Å². The van der Waals surface area contributed by atoms with Crippen LogP contribution in [0.1, 0.15) is 168 Å². The summed E-state index contributed by atoms with van der Waals surface area (Å²) in [7, 11) is 0. The van der Waals surface area contributed by atoms with Crippen LogP contribution in [0.4, 0.5) is 0 Å². The van der Waals surface area contributed by atoms with Gasteiger partial charge in [0.15, 0.2) is 6.29 Å². The maximum Gasteiger partial charge on any atom is 0.306 e. The van der Waals surface area contributed by atoms with Crippen molar-refractivity contribution in [1.29, 1.82) is 0 Å². The van der Waals surface area contributed by atoms with Crippen LogP contribution < -0.4 is 0 Å². The van der Waals surface area contributed by atoms with Crippen molar-refractivity contribution in [3.63, 3.8) is 0 Å². The highest BCUT2D eigenvalue weighted by Crippen LogP contribution is 2.22. The van der Waals surface area contributed by atoms with E-state index in [0.717, 1.165) is 44.9 Å². The van der Waals surface area contributed by atoms with Gasteiger partial charge >= 0.3 is 5.97 Å². The molecule has 0 bridgehead atoms. The average molecular weight is 687 g/mol. The van der Waals surface area contributed by atoms with E-state index in [1.165, 1.54) is 103 Å². The highest BCUT2D eigenvalue weighted by Gasteiger charge is 2.44. The number of carbonyl (C=O) groups is 1. The lowest BCUT2D eigenvalue weighted by atomic mass is 9.99. The molecule has 6 atom stereocenters. The van der Waals surface area contributed by atoms with Gasteiger partial charge in [0.25, 0.3) is 0 Å². The Bertz CT molecular complexity index is 747. The minimum atomic E-state index is -1.53. The molecule has 0 saturated carbocycles. The standard InChI is InChI=1S/C39H74O9/c1-3-5-7-9-11-13-15-17-18-20-22-24-26-28-35(41)47-33(32-46-39-38(44)37(43)36(42)34(30-40)48-39)31-45-29-27-25-23-21-19-16-14-12-10-8-6-4-2/h13,15,33-34,36-40,42-44H,3-12,14,16-32H2,1-2H3/b15-13-. The second kappa shape index (κ2) is 31.9. The molecule has 1 fully saturated rings. The first kappa shape index (κ1) is 45.0. The van der Waals surface area contributed by atoms with Gasteiger partial charge in [-0.3, -0.25) is 4.79 Å². The smallest absolute Gasteiger partial charge is 0.306 e. The van der Waals surface area contributed by atoms with Gasteiger partial charge in [-0.1, -0.05) is 135 Å². The Morgan fingerprint density at radius 3 is 1.71 bits per heavy atom. The molecule has 9 nitrogen and oxygen atoms in total. The summed E-state index contributed by atoms with van der Waals surface area (Å²) in [6.07, 6.45) is 25.2. The first-order valence-corrected chi connectivity index (χ1v) is 19.8. The molecular weight excluding hydrogens is 612 g/mol. The normalized spacial score (nSPS) is 22.0. The van der Waals surface area contributed by atoms with Crippen LogP contribution in [0.2, 0.25) is 0 Å². The number of hydrogen-bond donors (Lipinski definition) is 4. The summed E-state index contributed by atoms with van der Waals surface area (Å²) in [5.74, 6) is -0.322. The van der Waals surface area contributed by atoms with Gasteiger partial charge in [-0.15, -0.1) is 0 Å². The van der Waals surface area contributed by atoms with Crippen molar-refractivity contribution in [2.24, 2.45) is 0 Å². The van der Waals surface area contributed by atoms with Crippen molar-refractivity contribution >= 4 is 5.97 Å². The van der Waals surface area contributed by atoms with Crippen LogP contribution in [0.5, 0.6) is 0 Å². The molecule has 0 aliphatic carbocycles. The number of hydrogen-bond acceptors (Lipinski definition) is 9. The highest BCUT2D eigenvalue weighted by atomic mass is 16.7. The van der Waals surface area contributed by atoms with E-state index < -0.39 is 43.4 Å². The van der Waals surface area contributed by atoms with Gasteiger partial charge in [0, 0.05) is 13.0 Å². The molecule has 1 saturated heterocycles. The van der Waals surface area contributed by atoms with Gasteiger partial charge in [-0.2, -0.15) is 0 Å². The van der Waals surface area contributed by atoms with E-state index in [1.54, 1.807) is 0 Å². The van der Waals surface area contributed by atoms with Crippen LogP contribution in [0.15, 0.2) is 12.2 Å². The van der Waals surface area contributed by atoms with Crippen molar-refractivity contribution in [3.8, 4) is 0 Å². The molecule has 9 heteroatoms. The zero-order valence-corrected chi connectivity index (χ0v) is 30.7. The summed E-state index contributed by atoms with van der Waals surface area (Å²) in [6, 6.07) is 0. The molecule has 0 radical (unpaired) electrons. The number of aliphatic hydroxyl groups is 4. The molecule has 1 aliphatic rings. The highest BCUT2D eigenvalue weighted by molar-refractivity contribution is 5.69. The summed E-state index contributed by atoms with van der Waals surface area (Å²) in [4.78, 5) is 12.7. The number of aliphatic hydroxyl groups excluding tert-OH is 4. The fourth-order valence-electron chi connectivity index (χ4n) is 6.01. The number of rotatable bonds is 33. The van der Waals surface area contributed by atoms with Crippen LogP contribution in [-0.2, 0) is 23.7 Å². The molecule has 0 aromatic heterocycles. The Balaban J connectivity index is 2.33. The van der Waals surface area contributed by atoms with E-state index in [-0.39, 0.29) is 19.2 Å². The van der Waals surface area contributed by atoms with Crippen molar-refractivity contribution < 1.29 is 44.2 Å². The number of carbonyl (C=O) groups excluding carboxylic acids is 1. The molecule has 0 amide bonds. The Hall–Kier alpha value is -1.07. The summed E-state index contributed by atoms with van der Waals surface area (Å²) in [5.41, 5.74) is 0. The summed E-state index contributed by atoms with van der Waals surface area (Å²) in [6.45, 7) is 4.53. The summed E-state index contributed by atoms with van der Waals surface area (Å²) >= 11 is 0. The minimum absolute atomic E-state index is 0.112. The lowest BCUT2D eigenvalue weighted by Gasteiger charge is -2.39. The van der Waals surface area contributed by atoms with Gasteiger partial charge in [0.1, 0.15) is 30.5 Å². The molecule has 0 spiro atoms. The molecule has 0 aromatic carbocycles. The Labute approximate surface area is 293 Å². The fraction of sp³-hybridized carbons (Fsp3) is 0.923. The predicted molar refractivity (Wildman–Crippen MR) is 192 cm³/mol. The Morgan fingerprint density at radius 1 is 0.646 bits per heavy atom. The zero-order valence-electron chi connectivity index (χ0n) is 30.7. The van der Waals surface area contributed by atoms with E-state index in [2.05, 4.69) is 26.0 Å². The van der Waals surface area contributed by atoms with Crippen LogP contribution in [0, 0.1) is 0 Å². The molecule has 6 unspecified atom stereocenters. The number of esters is 1. The van der Waals surface area contributed by atoms with Crippen molar-refractivity contribution in [1.82, 2.24) is 0 Å². The Kier molecular flexibility index (Phi) is 29.9. The first-order chi connectivity index (χ1) is 23.4. The SMILES string of the molecule is CCCCCC/C=C\CCCCCCCC(=O)OC(COCCCCCCCCCCCCCC)COC1OC(CO)C(O)C(O)C1O. The average Bonchev–Trinajstić information content (AvgIpc) is 3.08. The quantitative estimate of drug-likeness (QED) is 0.0311. The molecule has 48 heavy (non-hydrogen) atoms. The number of unbranched alkanes of at least 4 members (excludes halogenated alkanes) is 20. The van der Waals surface area contributed by atoms with E-state index in [9.17, 15) is 25.2 Å². The van der Waals surface area contributed by atoms with Crippen LogP contribution in [0.3, 0.4) is 0 Å². The summed E-state index contributed by atoms with van der Waals surface area (Å²) in [5, 5.41) is 39.9. The maximum atomic E-state index is 12.7. The predicted octanol–water partition coefficient (Wildman–Crippen LogP) is 7.69.